The van der Waals surface area contributed by atoms with Crippen LogP contribution < -0.4 is 5.32 Å². The van der Waals surface area contributed by atoms with Crippen LogP contribution in [-0.4, -0.2) is 28.6 Å². The second kappa shape index (κ2) is 9.53. The molecule has 0 amide bonds. The van der Waals surface area contributed by atoms with Crippen molar-refractivity contribution in [1.29, 1.82) is 0 Å². The highest BCUT2D eigenvalue weighted by atomic mass is 32.2. The van der Waals surface area contributed by atoms with E-state index in [0.29, 0.717) is 13.0 Å². The summed E-state index contributed by atoms with van der Waals surface area (Å²) in [4.78, 5) is 16.1. The van der Waals surface area contributed by atoms with Crippen molar-refractivity contribution in [2.45, 2.75) is 36.6 Å². The van der Waals surface area contributed by atoms with Crippen molar-refractivity contribution >= 4 is 28.6 Å². The molecule has 0 fully saturated rings. The molecule has 2 aromatic carbocycles. The number of benzene rings is 2. The van der Waals surface area contributed by atoms with E-state index in [2.05, 4.69) is 29.6 Å². The predicted octanol–water partition coefficient (Wildman–Crippen LogP) is 4.52. The van der Waals surface area contributed by atoms with Crippen LogP contribution in [0.1, 0.15) is 24.5 Å². The van der Waals surface area contributed by atoms with Crippen LogP contribution >= 0.6 is 11.8 Å². The van der Waals surface area contributed by atoms with Gasteiger partial charge in [0.05, 0.1) is 10.5 Å². The van der Waals surface area contributed by atoms with E-state index in [0.717, 1.165) is 33.7 Å². The number of thioether (sulfide) groups is 1. The summed E-state index contributed by atoms with van der Waals surface area (Å²) in [6, 6.07) is 19.9. The number of fused-ring (bicyclic) bond motifs is 1. The van der Waals surface area contributed by atoms with Gasteiger partial charge in [-0.25, -0.2) is 4.98 Å². The molecule has 5 heteroatoms. The third-order valence-corrected chi connectivity index (χ3v) is 5.33. The van der Waals surface area contributed by atoms with Gasteiger partial charge in [0.2, 0.25) is 0 Å². The van der Waals surface area contributed by atoms with Crippen LogP contribution in [0.5, 0.6) is 0 Å². The maximum absolute atomic E-state index is 11.4. The molecule has 27 heavy (non-hydrogen) atoms. The average molecular weight is 381 g/mol. The molecule has 1 heterocycles. The Morgan fingerprint density at radius 1 is 1.11 bits per heavy atom. The minimum Gasteiger partial charge on any atom is -0.480 e. The minimum absolute atomic E-state index is 0.488. The number of carboxylic acid groups (broad SMARTS) is 1. The molecule has 0 aliphatic rings. The minimum atomic E-state index is -0.802. The normalized spacial score (nSPS) is 12.2. The molecule has 4 nitrogen and oxygen atoms in total. The zero-order valence-electron chi connectivity index (χ0n) is 15.4. The predicted molar refractivity (Wildman–Crippen MR) is 111 cm³/mol. The summed E-state index contributed by atoms with van der Waals surface area (Å²) < 4.78 is 0. The van der Waals surface area contributed by atoms with E-state index < -0.39 is 12.0 Å². The number of nitrogens with one attached hydrogen (secondary N) is 1. The molecule has 1 aromatic heterocycles. The van der Waals surface area contributed by atoms with Crippen molar-refractivity contribution in [3.63, 3.8) is 0 Å². The van der Waals surface area contributed by atoms with Gasteiger partial charge in [-0.3, -0.25) is 4.79 Å². The fraction of sp³-hybridized carbons (Fsp3) is 0.273. The summed E-state index contributed by atoms with van der Waals surface area (Å²) in [6.45, 7) is 2.74. The van der Waals surface area contributed by atoms with Crippen LogP contribution in [0.15, 0.2) is 65.7 Å². The highest BCUT2D eigenvalue weighted by Gasteiger charge is 2.16. The maximum Gasteiger partial charge on any atom is 0.321 e. The van der Waals surface area contributed by atoms with Gasteiger partial charge in [-0.1, -0.05) is 55.5 Å². The number of hydrogen-bond donors (Lipinski definition) is 2. The molecule has 1 unspecified atom stereocenters. The first-order valence-corrected chi connectivity index (χ1v) is 10.2. The van der Waals surface area contributed by atoms with Crippen molar-refractivity contribution in [3.8, 4) is 0 Å². The van der Waals surface area contributed by atoms with E-state index in [-0.39, 0.29) is 0 Å². The van der Waals surface area contributed by atoms with Gasteiger partial charge in [0.15, 0.2) is 0 Å². The Balaban J connectivity index is 1.65. The lowest BCUT2D eigenvalue weighted by Gasteiger charge is -2.14. The second-order valence-electron chi connectivity index (χ2n) is 6.50. The molecule has 0 bridgehead atoms. The molecule has 3 aromatic rings. The molecule has 0 radical (unpaired) electrons. The van der Waals surface area contributed by atoms with Gasteiger partial charge in [0, 0.05) is 11.1 Å². The summed E-state index contributed by atoms with van der Waals surface area (Å²) in [5.74, 6) is 0.00264. The van der Waals surface area contributed by atoms with Crippen LogP contribution in [0.3, 0.4) is 0 Å². The number of aliphatic carboxylic acids is 1. The van der Waals surface area contributed by atoms with Crippen molar-refractivity contribution in [2.24, 2.45) is 0 Å². The van der Waals surface area contributed by atoms with Crippen molar-refractivity contribution < 1.29 is 9.90 Å². The van der Waals surface area contributed by atoms with Crippen LogP contribution in [0.4, 0.5) is 0 Å². The highest BCUT2D eigenvalue weighted by molar-refractivity contribution is 7.98. The molecule has 0 saturated carbocycles. The lowest BCUT2D eigenvalue weighted by Crippen LogP contribution is -2.38. The molecular formula is C22H24N2O2S. The van der Waals surface area contributed by atoms with Gasteiger partial charge in [0.25, 0.3) is 0 Å². The zero-order chi connectivity index (χ0) is 19.1. The number of para-hydroxylation sites is 1. The fourth-order valence-corrected chi connectivity index (χ4v) is 3.75. The van der Waals surface area contributed by atoms with Crippen LogP contribution in [0.25, 0.3) is 10.9 Å². The number of carbonyl (C=O) groups is 1. The summed E-state index contributed by atoms with van der Waals surface area (Å²) in [5.41, 5.74) is 3.21. The molecule has 140 valence electrons. The van der Waals surface area contributed by atoms with Gasteiger partial charge in [-0.15, -0.1) is 11.8 Å². The Kier molecular flexibility index (Phi) is 6.85. The Bertz CT molecular complexity index is 913. The Morgan fingerprint density at radius 2 is 1.93 bits per heavy atom. The van der Waals surface area contributed by atoms with Gasteiger partial charge in [-0.2, -0.15) is 0 Å². The van der Waals surface area contributed by atoms with Crippen LogP contribution in [0, 0.1) is 0 Å². The van der Waals surface area contributed by atoms with E-state index in [1.807, 2.05) is 43.3 Å². The van der Waals surface area contributed by atoms with Gasteiger partial charge < -0.3 is 10.4 Å². The van der Waals surface area contributed by atoms with E-state index in [4.69, 9.17) is 4.98 Å². The lowest BCUT2D eigenvalue weighted by atomic mass is 10.0. The van der Waals surface area contributed by atoms with Gasteiger partial charge in [-0.05, 0) is 42.6 Å². The number of pyridine rings is 1. The number of nitrogens with zero attached hydrogens (tertiary/aromatic N) is 1. The van der Waals surface area contributed by atoms with Crippen molar-refractivity contribution in [3.05, 3.63) is 71.8 Å². The molecule has 3 rings (SSSR count). The third kappa shape index (κ3) is 5.55. The van der Waals surface area contributed by atoms with Crippen LogP contribution in [-0.2, 0) is 17.0 Å². The number of rotatable bonds is 9. The second-order valence-corrected chi connectivity index (χ2v) is 7.50. The van der Waals surface area contributed by atoms with Gasteiger partial charge in [0.1, 0.15) is 6.04 Å². The molecule has 2 N–H and O–H groups in total. The average Bonchev–Trinajstić information content (AvgIpc) is 2.69. The highest BCUT2D eigenvalue weighted by Crippen LogP contribution is 2.24. The number of carboxylic acids is 1. The summed E-state index contributed by atoms with van der Waals surface area (Å²) in [7, 11) is 0. The first-order chi connectivity index (χ1) is 13.2. The smallest absolute Gasteiger partial charge is 0.321 e. The Hall–Kier alpha value is -2.37. The first-order valence-electron chi connectivity index (χ1n) is 9.18. The van der Waals surface area contributed by atoms with Crippen molar-refractivity contribution in [1.82, 2.24) is 10.3 Å². The van der Waals surface area contributed by atoms with Gasteiger partial charge >= 0.3 is 5.97 Å². The lowest BCUT2D eigenvalue weighted by molar-refractivity contribution is -0.139. The molecule has 0 aliphatic carbocycles. The SMILES string of the molecule is CCCNC(Cc1cccc(CSc2ccc3ccccc3n2)c1)C(=O)O. The standard InChI is InChI=1S/C22H24N2O2S/c1-2-12-23-20(22(25)26)14-16-6-5-7-17(13-16)15-27-21-11-10-18-8-3-4-9-19(18)24-21/h3-11,13,20,23H,2,12,14-15H2,1H3,(H,25,26). The van der Waals surface area contributed by atoms with E-state index >= 15 is 0 Å². The molecule has 0 spiro atoms. The van der Waals surface area contributed by atoms with E-state index in [1.165, 1.54) is 5.56 Å². The van der Waals surface area contributed by atoms with Crippen molar-refractivity contribution in [2.75, 3.05) is 6.54 Å². The first kappa shape index (κ1) is 19.4. The molecular weight excluding hydrogens is 356 g/mol. The summed E-state index contributed by atoms with van der Waals surface area (Å²) in [6.07, 6.45) is 1.40. The largest absolute Gasteiger partial charge is 0.480 e. The third-order valence-electron chi connectivity index (χ3n) is 4.33. The fourth-order valence-electron chi connectivity index (χ4n) is 2.93. The number of hydrogen-bond acceptors (Lipinski definition) is 4. The van der Waals surface area contributed by atoms with E-state index in [1.54, 1.807) is 11.8 Å². The summed E-state index contributed by atoms with van der Waals surface area (Å²) >= 11 is 1.69. The summed E-state index contributed by atoms with van der Waals surface area (Å²) in [5, 5.41) is 14.6. The topological polar surface area (TPSA) is 62.2 Å². The quantitative estimate of drug-likeness (QED) is 0.534. The molecule has 0 saturated heterocycles. The van der Waals surface area contributed by atoms with E-state index in [9.17, 15) is 9.90 Å². The Morgan fingerprint density at radius 3 is 2.74 bits per heavy atom. The monoisotopic (exact) mass is 380 g/mol. The van der Waals surface area contributed by atoms with Crippen LogP contribution in [0.2, 0.25) is 0 Å². The Labute approximate surface area is 164 Å². The zero-order valence-corrected chi connectivity index (χ0v) is 16.2. The number of aromatic nitrogens is 1. The molecule has 1 atom stereocenters. The maximum atomic E-state index is 11.4. The molecule has 0 aliphatic heterocycles.